The Labute approximate surface area is 125 Å². The summed E-state index contributed by atoms with van der Waals surface area (Å²) in [6, 6.07) is 11.2. The summed E-state index contributed by atoms with van der Waals surface area (Å²) in [5.74, 6) is 0. The summed E-state index contributed by atoms with van der Waals surface area (Å²) >= 11 is 0. The quantitative estimate of drug-likeness (QED) is 0.712. The molecular weight excluding hydrogens is 260 g/mol. The molecule has 20 heavy (non-hydrogen) atoms. The van der Waals surface area contributed by atoms with E-state index in [4.69, 9.17) is 4.74 Å². The molecule has 0 amide bonds. The Kier molecular flexibility index (Phi) is 5.45. The maximum atomic E-state index is 6.34. The number of hydrogen-bond acceptors (Lipinski definition) is 1. The second-order valence-corrected chi connectivity index (χ2v) is 11.7. The van der Waals surface area contributed by atoms with E-state index in [9.17, 15) is 0 Å². The van der Waals surface area contributed by atoms with Crippen molar-refractivity contribution < 1.29 is 4.74 Å². The third-order valence-electron chi connectivity index (χ3n) is 5.03. The van der Waals surface area contributed by atoms with Crippen LogP contribution in [0.25, 0.3) is 0 Å². The van der Waals surface area contributed by atoms with E-state index < -0.39 is 8.07 Å². The number of hydrogen-bond donors (Lipinski definition) is 0. The molecule has 0 spiro atoms. The molecule has 1 saturated heterocycles. The standard InChI is InChI=1S/C18H30OSi/c1-5-6-12-17-18(14-13-15(2)19-17)20(3,4)16-10-8-7-9-11-16/h7-11,15,17-18H,5-6,12-14H2,1-4H3/t15-,17+,18-/m0/s1. The lowest BCUT2D eigenvalue weighted by atomic mass is 10.00. The van der Waals surface area contributed by atoms with Gasteiger partial charge in [-0.2, -0.15) is 0 Å². The molecule has 0 bridgehead atoms. The molecule has 0 unspecified atom stereocenters. The summed E-state index contributed by atoms with van der Waals surface area (Å²) < 4.78 is 6.34. The van der Waals surface area contributed by atoms with Crippen molar-refractivity contribution in [2.24, 2.45) is 0 Å². The molecule has 0 saturated carbocycles. The first-order valence-electron chi connectivity index (χ1n) is 8.26. The highest BCUT2D eigenvalue weighted by Gasteiger charge is 2.41. The first kappa shape index (κ1) is 15.8. The third kappa shape index (κ3) is 3.53. The minimum absolute atomic E-state index is 0.452. The average Bonchev–Trinajstić information content (AvgIpc) is 2.46. The van der Waals surface area contributed by atoms with Crippen molar-refractivity contribution in [2.75, 3.05) is 0 Å². The molecule has 0 aromatic heterocycles. The van der Waals surface area contributed by atoms with E-state index in [-0.39, 0.29) is 0 Å². The van der Waals surface area contributed by atoms with E-state index in [2.05, 4.69) is 57.3 Å². The Balaban J connectivity index is 2.18. The zero-order valence-corrected chi connectivity index (χ0v) is 14.6. The fraction of sp³-hybridized carbons (Fsp3) is 0.667. The van der Waals surface area contributed by atoms with E-state index in [1.807, 2.05) is 0 Å². The van der Waals surface area contributed by atoms with Gasteiger partial charge < -0.3 is 4.74 Å². The van der Waals surface area contributed by atoms with E-state index in [0.717, 1.165) is 5.54 Å². The van der Waals surface area contributed by atoms with Gasteiger partial charge in [0.1, 0.15) is 0 Å². The topological polar surface area (TPSA) is 9.23 Å². The predicted molar refractivity (Wildman–Crippen MR) is 90.4 cm³/mol. The van der Waals surface area contributed by atoms with Crippen LogP contribution < -0.4 is 5.19 Å². The van der Waals surface area contributed by atoms with Gasteiger partial charge in [-0.15, -0.1) is 0 Å². The first-order valence-corrected chi connectivity index (χ1v) is 11.3. The van der Waals surface area contributed by atoms with Crippen LogP contribution in [0.3, 0.4) is 0 Å². The van der Waals surface area contributed by atoms with Crippen LogP contribution in [0, 0.1) is 0 Å². The highest BCUT2D eigenvalue weighted by Crippen LogP contribution is 2.39. The number of unbranched alkanes of at least 4 members (excludes halogenated alkanes) is 1. The molecule has 1 aromatic rings. The molecule has 0 aliphatic carbocycles. The first-order chi connectivity index (χ1) is 9.55. The average molecular weight is 291 g/mol. The van der Waals surface area contributed by atoms with E-state index >= 15 is 0 Å². The summed E-state index contributed by atoms with van der Waals surface area (Å²) in [4.78, 5) is 0. The van der Waals surface area contributed by atoms with Gasteiger partial charge in [0, 0.05) is 0 Å². The van der Waals surface area contributed by atoms with Crippen LogP contribution in [0.4, 0.5) is 0 Å². The van der Waals surface area contributed by atoms with Crippen LogP contribution in [0.2, 0.25) is 18.6 Å². The molecule has 0 radical (unpaired) electrons. The van der Waals surface area contributed by atoms with Crippen LogP contribution in [-0.2, 0) is 4.74 Å². The molecule has 1 aromatic carbocycles. The predicted octanol–water partition coefficient (Wildman–Crippen LogP) is 4.73. The summed E-state index contributed by atoms with van der Waals surface area (Å²) in [5.41, 5.74) is 0.771. The molecule has 112 valence electrons. The third-order valence-corrected chi connectivity index (χ3v) is 9.36. The Morgan fingerprint density at radius 3 is 2.50 bits per heavy atom. The van der Waals surface area contributed by atoms with Gasteiger partial charge in [-0.25, -0.2) is 0 Å². The Morgan fingerprint density at radius 2 is 1.85 bits per heavy atom. The molecular formula is C18H30OSi. The molecule has 3 atom stereocenters. The SMILES string of the molecule is CCCC[C@H]1O[C@@H](C)CC[C@@H]1[Si](C)(C)c1ccccc1. The van der Waals surface area contributed by atoms with Gasteiger partial charge in [-0.1, -0.05) is 68.4 Å². The largest absolute Gasteiger partial charge is 0.375 e. The van der Waals surface area contributed by atoms with Crippen molar-refractivity contribution in [1.29, 1.82) is 0 Å². The minimum atomic E-state index is -1.45. The smallest absolute Gasteiger partial charge is 0.0862 e. The lowest BCUT2D eigenvalue weighted by molar-refractivity contribution is -0.0449. The van der Waals surface area contributed by atoms with Crippen LogP contribution >= 0.6 is 0 Å². The number of benzene rings is 1. The molecule has 2 heteroatoms. The van der Waals surface area contributed by atoms with Crippen molar-refractivity contribution in [3.63, 3.8) is 0 Å². The summed E-state index contributed by atoms with van der Waals surface area (Å²) in [5, 5.41) is 1.59. The summed E-state index contributed by atoms with van der Waals surface area (Å²) in [6.45, 7) is 9.59. The molecule has 2 rings (SSSR count). The van der Waals surface area contributed by atoms with Crippen molar-refractivity contribution in [3.05, 3.63) is 30.3 Å². The normalized spacial score (nSPS) is 27.5. The number of ether oxygens (including phenoxy) is 1. The highest BCUT2D eigenvalue weighted by atomic mass is 28.3. The van der Waals surface area contributed by atoms with Crippen molar-refractivity contribution in [2.45, 2.75) is 76.8 Å². The zero-order chi connectivity index (χ0) is 14.6. The Bertz CT molecular complexity index is 401. The van der Waals surface area contributed by atoms with Crippen LogP contribution in [-0.4, -0.2) is 20.3 Å². The van der Waals surface area contributed by atoms with Crippen LogP contribution in [0.15, 0.2) is 30.3 Å². The maximum absolute atomic E-state index is 6.34. The van der Waals surface area contributed by atoms with Crippen LogP contribution in [0.5, 0.6) is 0 Å². The lowest BCUT2D eigenvalue weighted by Gasteiger charge is -2.43. The van der Waals surface area contributed by atoms with E-state index in [0.29, 0.717) is 12.2 Å². The zero-order valence-electron chi connectivity index (χ0n) is 13.6. The second-order valence-electron chi connectivity index (χ2n) is 6.90. The van der Waals surface area contributed by atoms with Gasteiger partial charge in [0.2, 0.25) is 0 Å². The Hall–Kier alpha value is -0.603. The highest BCUT2D eigenvalue weighted by molar-refractivity contribution is 6.91. The fourth-order valence-corrected chi connectivity index (χ4v) is 7.19. The fourth-order valence-electron chi connectivity index (χ4n) is 3.64. The molecule has 1 fully saturated rings. The van der Waals surface area contributed by atoms with Crippen molar-refractivity contribution in [1.82, 2.24) is 0 Å². The maximum Gasteiger partial charge on any atom is 0.0862 e. The van der Waals surface area contributed by atoms with Crippen molar-refractivity contribution in [3.8, 4) is 0 Å². The van der Waals surface area contributed by atoms with Crippen LogP contribution in [0.1, 0.15) is 46.0 Å². The van der Waals surface area contributed by atoms with Gasteiger partial charge in [-0.3, -0.25) is 0 Å². The van der Waals surface area contributed by atoms with Gasteiger partial charge >= 0.3 is 0 Å². The summed E-state index contributed by atoms with van der Waals surface area (Å²) in [6.07, 6.45) is 7.34. The summed E-state index contributed by atoms with van der Waals surface area (Å²) in [7, 11) is -1.45. The van der Waals surface area contributed by atoms with Gasteiger partial charge in [0.05, 0.1) is 20.3 Å². The molecule has 1 nitrogen and oxygen atoms in total. The second kappa shape index (κ2) is 6.90. The van der Waals surface area contributed by atoms with Gasteiger partial charge in [0.25, 0.3) is 0 Å². The van der Waals surface area contributed by atoms with Gasteiger partial charge in [0.15, 0.2) is 0 Å². The van der Waals surface area contributed by atoms with Crippen molar-refractivity contribution >= 4 is 13.3 Å². The van der Waals surface area contributed by atoms with E-state index in [1.165, 1.54) is 32.1 Å². The lowest BCUT2D eigenvalue weighted by Crippen LogP contribution is -2.52. The molecule has 1 heterocycles. The molecule has 0 N–H and O–H groups in total. The minimum Gasteiger partial charge on any atom is -0.375 e. The molecule has 1 aliphatic rings. The number of rotatable bonds is 5. The Morgan fingerprint density at radius 1 is 1.15 bits per heavy atom. The van der Waals surface area contributed by atoms with E-state index in [1.54, 1.807) is 5.19 Å². The molecule has 1 aliphatic heterocycles. The monoisotopic (exact) mass is 290 g/mol. The van der Waals surface area contributed by atoms with Gasteiger partial charge in [-0.05, 0) is 31.7 Å².